The summed E-state index contributed by atoms with van der Waals surface area (Å²) in [6.07, 6.45) is 3.28. The molecule has 0 aliphatic carbocycles. The van der Waals surface area contributed by atoms with Crippen LogP contribution in [0.4, 0.5) is 5.69 Å². The van der Waals surface area contributed by atoms with E-state index in [0.717, 1.165) is 19.3 Å². The lowest BCUT2D eigenvalue weighted by atomic mass is 9.98. The van der Waals surface area contributed by atoms with Crippen LogP contribution in [0.2, 0.25) is 0 Å². The van der Waals surface area contributed by atoms with E-state index < -0.39 is 4.92 Å². The Bertz CT molecular complexity index is 502. The number of benzene rings is 1. The average molecular weight is 278 g/mol. The minimum Gasteiger partial charge on any atom is -0.396 e. The molecule has 1 saturated heterocycles. The summed E-state index contributed by atoms with van der Waals surface area (Å²) in [5.74, 6) is -0.310. The average Bonchev–Trinajstić information content (AvgIpc) is 2.47. The van der Waals surface area contributed by atoms with E-state index >= 15 is 0 Å². The fourth-order valence-corrected chi connectivity index (χ4v) is 2.69. The lowest BCUT2D eigenvalue weighted by molar-refractivity contribution is -0.385. The minimum absolute atomic E-state index is 0.0192. The molecular weight excluding hydrogens is 260 g/mol. The van der Waals surface area contributed by atoms with Gasteiger partial charge in [-0.25, -0.2) is 0 Å². The number of para-hydroxylation sites is 1. The third kappa shape index (κ3) is 2.96. The SMILES string of the molecule is O=C(c1ccccc1[N+](=O)[O-])N1CCCCC1CCO. The standard InChI is InChI=1S/C14H18N2O4/c17-10-8-11-5-3-4-9-15(11)14(18)12-6-1-2-7-13(12)16(19)20/h1-2,6-7,11,17H,3-5,8-10H2. The van der Waals surface area contributed by atoms with Gasteiger partial charge in [-0.15, -0.1) is 0 Å². The number of carbonyl (C=O) groups is 1. The Hall–Kier alpha value is -1.95. The van der Waals surface area contributed by atoms with Crippen molar-refractivity contribution in [3.63, 3.8) is 0 Å². The van der Waals surface area contributed by atoms with Crippen LogP contribution in [0.25, 0.3) is 0 Å². The van der Waals surface area contributed by atoms with Gasteiger partial charge in [0.05, 0.1) is 4.92 Å². The Morgan fingerprint density at radius 1 is 1.40 bits per heavy atom. The molecule has 2 rings (SSSR count). The molecule has 0 radical (unpaired) electrons. The largest absolute Gasteiger partial charge is 0.396 e. The molecule has 1 aromatic carbocycles. The molecule has 6 heteroatoms. The van der Waals surface area contributed by atoms with Crippen LogP contribution in [0.5, 0.6) is 0 Å². The maximum atomic E-state index is 12.6. The van der Waals surface area contributed by atoms with E-state index in [-0.39, 0.29) is 29.8 Å². The van der Waals surface area contributed by atoms with E-state index in [1.54, 1.807) is 17.0 Å². The van der Waals surface area contributed by atoms with E-state index in [0.29, 0.717) is 13.0 Å². The summed E-state index contributed by atoms with van der Waals surface area (Å²) in [5.41, 5.74) is -0.0341. The lowest BCUT2D eigenvalue weighted by Crippen LogP contribution is -2.44. The molecule has 1 aromatic rings. The summed E-state index contributed by atoms with van der Waals surface area (Å²) in [5, 5.41) is 20.1. The quantitative estimate of drug-likeness (QED) is 0.674. The lowest BCUT2D eigenvalue weighted by Gasteiger charge is -2.35. The summed E-state index contributed by atoms with van der Waals surface area (Å²) in [7, 11) is 0. The van der Waals surface area contributed by atoms with Gasteiger partial charge in [0.15, 0.2) is 0 Å². The third-order valence-electron chi connectivity index (χ3n) is 3.68. The van der Waals surface area contributed by atoms with Gasteiger partial charge < -0.3 is 10.0 Å². The number of nitro groups is 1. The molecule has 1 atom stereocenters. The minimum atomic E-state index is -0.530. The highest BCUT2D eigenvalue weighted by Gasteiger charge is 2.30. The van der Waals surface area contributed by atoms with Gasteiger partial charge in [-0.2, -0.15) is 0 Å². The molecule has 108 valence electrons. The fraction of sp³-hybridized carbons (Fsp3) is 0.500. The monoisotopic (exact) mass is 278 g/mol. The maximum absolute atomic E-state index is 12.6. The summed E-state index contributed by atoms with van der Waals surface area (Å²) in [6, 6.07) is 5.99. The highest BCUT2D eigenvalue weighted by atomic mass is 16.6. The van der Waals surface area contributed by atoms with Crippen molar-refractivity contribution in [3.05, 3.63) is 39.9 Å². The van der Waals surface area contributed by atoms with Crippen LogP contribution in [0.3, 0.4) is 0 Å². The number of hydrogen-bond donors (Lipinski definition) is 1. The van der Waals surface area contributed by atoms with Crippen molar-refractivity contribution in [1.82, 2.24) is 4.90 Å². The van der Waals surface area contributed by atoms with Crippen molar-refractivity contribution >= 4 is 11.6 Å². The molecule has 0 bridgehead atoms. The van der Waals surface area contributed by atoms with E-state index in [1.165, 1.54) is 12.1 Å². The number of rotatable bonds is 4. The number of nitrogens with zero attached hydrogens (tertiary/aromatic N) is 2. The number of piperidine rings is 1. The Morgan fingerprint density at radius 2 is 2.15 bits per heavy atom. The van der Waals surface area contributed by atoms with Gasteiger partial charge in [0.1, 0.15) is 5.56 Å². The molecule has 1 fully saturated rings. The molecule has 1 unspecified atom stereocenters. The molecule has 0 aromatic heterocycles. The first-order valence-corrected chi connectivity index (χ1v) is 6.80. The highest BCUT2D eigenvalue weighted by molar-refractivity contribution is 5.98. The van der Waals surface area contributed by atoms with Gasteiger partial charge in [0.25, 0.3) is 11.6 Å². The molecule has 6 nitrogen and oxygen atoms in total. The molecule has 1 amide bonds. The Balaban J connectivity index is 2.27. The Kier molecular flexibility index (Phi) is 4.68. The van der Waals surface area contributed by atoms with Gasteiger partial charge in [-0.3, -0.25) is 14.9 Å². The molecule has 0 saturated carbocycles. The molecular formula is C14H18N2O4. The van der Waals surface area contributed by atoms with E-state index in [4.69, 9.17) is 5.11 Å². The van der Waals surface area contributed by atoms with Gasteiger partial charge in [-0.1, -0.05) is 12.1 Å². The van der Waals surface area contributed by atoms with Crippen LogP contribution in [-0.2, 0) is 0 Å². The van der Waals surface area contributed by atoms with Crippen LogP contribution in [-0.4, -0.2) is 40.0 Å². The van der Waals surface area contributed by atoms with Gasteiger partial charge in [0, 0.05) is 25.3 Å². The smallest absolute Gasteiger partial charge is 0.282 e. The fourth-order valence-electron chi connectivity index (χ4n) is 2.69. The van der Waals surface area contributed by atoms with Crippen LogP contribution in [0.1, 0.15) is 36.0 Å². The summed E-state index contributed by atoms with van der Waals surface area (Å²) >= 11 is 0. The summed E-state index contributed by atoms with van der Waals surface area (Å²) in [6.45, 7) is 0.612. The van der Waals surface area contributed by atoms with Crippen molar-refractivity contribution < 1.29 is 14.8 Å². The number of likely N-dealkylation sites (tertiary alicyclic amines) is 1. The van der Waals surface area contributed by atoms with Gasteiger partial charge in [-0.05, 0) is 31.7 Å². The van der Waals surface area contributed by atoms with Gasteiger partial charge in [0.2, 0.25) is 0 Å². The molecule has 1 N–H and O–H groups in total. The number of nitro benzene ring substituents is 1. The highest BCUT2D eigenvalue weighted by Crippen LogP contribution is 2.25. The number of aliphatic hydroxyl groups excluding tert-OH is 1. The number of carbonyl (C=O) groups excluding carboxylic acids is 1. The Labute approximate surface area is 117 Å². The maximum Gasteiger partial charge on any atom is 0.282 e. The first kappa shape index (κ1) is 14.5. The molecule has 20 heavy (non-hydrogen) atoms. The van der Waals surface area contributed by atoms with Crippen LogP contribution < -0.4 is 0 Å². The second-order valence-corrected chi connectivity index (χ2v) is 4.93. The number of aliphatic hydroxyl groups is 1. The third-order valence-corrected chi connectivity index (χ3v) is 3.68. The summed E-state index contributed by atoms with van der Waals surface area (Å²) in [4.78, 5) is 24.7. The second kappa shape index (κ2) is 6.47. The number of hydrogen-bond acceptors (Lipinski definition) is 4. The van der Waals surface area contributed by atoms with Crippen LogP contribution >= 0.6 is 0 Å². The van der Waals surface area contributed by atoms with Crippen molar-refractivity contribution in [1.29, 1.82) is 0 Å². The zero-order chi connectivity index (χ0) is 14.5. The predicted molar refractivity (Wildman–Crippen MR) is 73.5 cm³/mol. The Morgan fingerprint density at radius 3 is 2.85 bits per heavy atom. The molecule has 1 heterocycles. The summed E-state index contributed by atoms with van der Waals surface area (Å²) < 4.78 is 0. The van der Waals surface area contributed by atoms with Crippen LogP contribution in [0.15, 0.2) is 24.3 Å². The van der Waals surface area contributed by atoms with E-state index in [1.807, 2.05) is 0 Å². The van der Waals surface area contributed by atoms with Crippen molar-refractivity contribution in [3.8, 4) is 0 Å². The first-order chi connectivity index (χ1) is 9.65. The molecule has 1 aliphatic heterocycles. The second-order valence-electron chi connectivity index (χ2n) is 4.93. The molecule has 0 spiro atoms. The zero-order valence-corrected chi connectivity index (χ0v) is 11.2. The van der Waals surface area contributed by atoms with E-state index in [2.05, 4.69) is 0 Å². The van der Waals surface area contributed by atoms with Crippen molar-refractivity contribution in [2.75, 3.05) is 13.2 Å². The van der Waals surface area contributed by atoms with E-state index in [9.17, 15) is 14.9 Å². The van der Waals surface area contributed by atoms with Gasteiger partial charge >= 0.3 is 0 Å². The normalized spacial score (nSPS) is 18.9. The first-order valence-electron chi connectivity index (χ1n) is 6.80. The zero-order valence-electron chi connectivity index (χ0n) is 11.2. The topological polar surface area (TPSA) is 83.7 Å². The predicted octanol–water partition coefficient (Wildman–Crippen LogP) is 1.97. The van der Waals surface area contributed by atoms with Crippen LogP contribution in [0, 0.1) is 10.1 Å². The van der Waals surface area contributed by atoms with Crippen molar-refractivity contribution in [2.45, 2.75) is 31.7 Å². The van der Waals surface area contributed by atoms with Crippen molar-refractivity contribution in [2.24, 2.45) is 0 Å². The molecule has 1 aliphatic rings. The number of amides is 1.